The van der Waals surface area contributed by atoms with Gasteiger partial charge in [0.2, 0.25) is 5.91 Å². The Morgan fingerprint density at radius 1 is 1.67 bits per heavy atom. The number of amides is 1. The van der Waals surface area contributed by atoms with Gasteiger partial charge in [-0.2, -0.15) is 0 Å². The predicted molar refractivity (Wildman–Crippen MR) is 63.2 cm³/mol. The maximum Gasteiger partial charge on any atom is 0.235 e. The summed E-state index contributed by atoms with van der Waals surface area (Å²) in [6, 6.07) is 5.53. The van der Waals surface area contributed by atoms with Crippen LogP contribution in [0.5, 0.6) is 5.75 Å². The fourth-order valence-electron chi connectivity index (χ4n) is 1.14. The maximum atomic E-state index is 10.8. The van der Waals surface area contributed by atoms with Crippen molar-refractivity contribution in [2.45, 2.75) is 11.8 Å². The van der Waals surface area contributed by atoms with Gasteiger partial charge in [-0.25, -0.2) is 0 Å². The summed E-state index contributed by atoms with van der Waals surface area (Å²) in [5.41, 5.74) is 5.98. The summed E-state index contributed by atoms with van der Waals surface area (Å²) >= 11 is 9.09. The molecule has 1 aromatic rings. The number of halogens is 2. The smallest absolute Gasteiger partial charge is 0.235 e. The molecule has 1 unspecified atom stereocenters. The summed E-state index contributed by atoms with van der Waals surface area (Å²) in [7, 11) is 1.58. The SMILES string of the molecule is COc1cc(CC(Cl)C(N)=O)ccc1Br. The number of hydrogen-bond acceptors (Lipinski definition) is 2. The van der Waals surface area contributed by atoms with Crippen LogP contribution in [0.3, 0.4) is 0 Å². The standard InChI is InChI=1S/C10H11BrClNO2/c1-15-9-5-6(2-3-7(9)11)4-8(12)10(13)14/h2-3,5,8H,4H2,1H3,(H2,13,14). The van der Waals surface area contributed by atoms with Crippen molar-refractivity contribution in [2.24, 2.45) is 5.73 Å². The lowest BCUT2D eigenvalue weighted by Gasteiger charge is -2.08. The van der Waals surface area contributed by atoms with Gasteiger partial charge >= 0.3 is 0 Å². The molecular weight excluding hydrogens is 281 g/mol. The van der Waals surface area contributed by atoms with Gasteiger partial charge in [0.1, 0.15) is 11.1 Å². The third-order valence-corrected chi connectivity index (χ3v) is 2.96. The molecule has 0 fully saturated rings. The quantitative estimate of drug-likeness (QED) is 0.864. The number of carbonyl (C=O) groups excluding carboxylic acids is 1. The van der Waals surface area contributed by atoms with Crippen LogP contribution in [-0.4, -0.2) is 18.4 Å². The second-order valence-electron chi connectivity index (χ2n) is 3.04. The zero-order valence-corrected chi connectivity index (χ0v) is 10.5. The van der Waals surface area contributed by atoms with Gasteiger partial charge in [-0.05, 0) is 40.0 Å². The fourth-order valence-corrected chi connectivity index (χ4v) is 1.73. The number of primary amides is 1. The highest BCUT2D eigenvalue weighted by molar-refractivity contribution is 9.10. The third-order valence-electron chi connectivity index (χ3n) is 1.94. The fraction of sp³-hybridized carbons (Fsp3) is 0.300. The van der Waals surface area contributed by atoms with Gasteiger partial charge in [0.05, 0.1) is 11.6 Å². The summed E-state index contributed by atoms with van der Waals surface area (Å²) in [4.78, 5) is 10.8. The molecule has 0 spiro atoms. The van der Waals surface area contributed by atoms with Crippen LogP contribution in [0, 0.1) is 0 Å². The topological polar surface area (TPSA) is 52.3 Å². The molecule has 0 aliphatic heterocycles. The Morgan fingerprint density at radius 2 is 2.33 bits per heavy atom. The first-order valence-corrected chi connectivity index (χ1v) is 5.53. The van der Waals surface area contributed by atoms with Crippen molar-refractivity contribution in [3.05, 3.63) is 28.2 Å². The van der Waals surface area contributed by atoms with Crippen molar-refractivity contribution in [3.8, 4) is 5.75 Å². The van der Waals surface area contributed by atoms with E-state index < -0.39 is 11.3 Å². The lowest BCUT2D eigenvalue weighted by Crippen LogP contribution is -2.25. The minimum absolute atomic E-state index is 0.403. The first kappa shape index (κ1) is 12.3. The van der Waals surface area contributed by atoms with Crippen molar-refractivity contribution >= 4 is 33.4 Å². The van der Waals surface area contributed by atoms with E-state index in [9.17, 15) is 4.79 Å². The average molecular weight is 293 g/mol. The number of nitrogens with two attached hydrogens (primary N) is 1. The van der Waals surface area contributed by atoms with Crippen molar-refractivity contribution in [2.75, 3.05) is 7.11 Å². The van der Waals surface area contributed by atoms with Crippen LogP contribution in [0.2, 0.25) is 0 Å². The Balaban J connectivity index is 2.83. The summed E-state index contributed by atoms with van der Waals surface area (Å²) in [6.45, 7) is 0. The number of rotatable bonds is 4. The molecular formula is C10H11BrClNO2. The molecule has 0 aromatic heterocycles. The molecule has 1 atom stereocenters. The Kier molecular flexibility index (Phi) is 4.42. The van der Waals surface area contributed by atoms with E-state index in [0.717, 1.165) is 10.0 Å². The molecule has 0 saturated carbocycles. The van der Waals surface area contributed by atoms with E-state index in [1.807, 2.05) is 18.2 Å². The Hall–Kier alpha value is -0.740. The highest BCUT2D eigenvalue weighted by Gasteiger charge is 2.12. The molecule has 0 saturated heterocycles. The second-order valence-corrected chi connectivity index (χ2v) is 4.42. The van der Waals surface area contributed by atoms with Gasteiger partial charge in [0.25, 0.3) is 0 Å². The molecule has 0 aliphatic rings. The first-order chi connectivity index (χ1) is 7.04. The summed E-state index contributed by atoms with van der Waals surface area (Å²) in [6.07, 6.45) is 0.403. The monoisotopic (exact) mass is 291 g/mol. The molecule has 2 N–H and O–H groups in total. The van der Waals surface area contributed by atoms with Crippen molar-refractivity contribution < 1.29 is 9.53 Å². The number of alkyl halides is 1. The Labute approximate surface area is 102 Å². The Morgan fingerprint density at radius 3 is 2.87 bits per heavy atom. The van der Waals surface area contributed by atoms with E-state index in [1.165, 1.54) is 0 Å². The molecule has 0 bridgehead atoms. The number of benzene rings is 1. The van der Waals surface area contributed by atoms with Gasteiger partial charge < -0.3 is 10.5 Å². The minimum Gasteiger partial charge on any atom is -0.496 e. The first-order valence-electron chi connectivity index (χ1n) is 4.30. The summed E-state index contributed by atoms with van der Waals surface area (Å²) < 4.78 is 5.98. The molecule has 5 heteroatoms. The molecule has 1 amide bonds. The number of methoxy groups -OCH3 is 1. The maximum absolute atomic E-state index is 10.8. The van der Waals surface area contributed by atoms with E-state index >= 15 is 0 Å². The van der Waals surface area contributed by atoms with Gasteiger partial charge in [-0.1, -0.05) is 6.07 Å². The van der Waals surface area contributed by atoms with Crippen LogP contribution in [0.15, 0.2) is 22.7 Å². The summed E-state index contributed by atoms with van der Waals surface area (Å²) in [5.74, 6) is 0.194. The Bertz CT molecular complexity index is 370. The predicted octanol–water partition coefficient (Wildman–Crippen LogP) is 2.09. The largest absolute Gasteiger partial charge is 0.496 e. The van der Waals surface area contributed by atoms with Gasteiger partial charge in [0.15, 0.2) is 0 Å². The molecule has 82 valence electrons. The van der Waals surface area contributed by atoms with Crippen molar-refractivity contribution in [3.63, 3.8) is 0 Å². The minimum atomic E-state index is -0.684. The van der Waals surface area contributed by atoms with E-state index in [1.54, 1.807) is 7.11 Å². The summed E-state index contributed by atoms with van der Waals surface area (Å²) in [5, 5.41) is -0.684. The highest BCUT2D eigenvalue weighted by atomic mass is 79.9. The average Bonchev–Trinajstić information content (AvgIpc) is 2.20. The van der Waals surface area contributed by atoms with Crippen LogP contribution in [0.1, 0.15) is 5.56 Å². The molecule has 3 nitrogen and oxygen atoms in total. The molecule has 1 aromatic carbocycles. The van der Waals surface area contributed by atoms with E-state index in [4.69, 9.17) is 22.1 Å². The van der Waals surface area contributed by atoms with Gasteiger partial charge in [-0.15, -0.1) is 11.6 Å². The van der Waals surface area contributed by atoms with Crippen LogP contribution in [0.4, 0.5) is 0 Å². The van der Waals surface area contributed by atoms with Crippen LogP contribution >= 0.6 is 27.5 Å². The molecule has 0 heterocycles. The molecule has 1 rings (SSSR count). The zero-order valence-electron chi connectivity index (χ0n) is 8.17. The zero-order chi connectivity index (χ0) is 11.4. The molecule has 15 heavy (non-hydrogen) atoms. The second kappa shape index (κ2) is 5.37. The number of ether oxygens (including phenoxy) is 1. The lowest BCUT2D eigenvalue weighted by molar-refractivity contribution is -0.117. The van der Waals surface area contributed by atoms with Gasteiger partial charge in [0, 0.05) is 0 Å². The third kappa shape index (κ3) is 3.39. The van der Waals surface area contributed by atoms with Crippen molar-refractivity contribution in [1.29, 1.82) is 0 Å². The van der Waals surface area contributed by atoms with E-state index in [-0.39, 0.29) is 0 Å². The van der Waals surface area contributed by atoms with Crippen LogP contribution in [0.25, 0.3) is 0 Å². The van der Waals surface area contributed by atoms with Crippen LogP contribution in [-0.2, 0) is 11.2 Å². The highest BCUT2D eigenvalue weighted by Crippen LogP contribution is 2.26. The normalized spacial score (nSPS) is 12.2. The molecule has 0 radical (unpaired) electrons. The van der Waals surface area contributed by atoms with E-state index in [0.29, 0.717) is 12.2 Å². The lowest BCUT2D eigenvalue weighted by atomic mass is 10.1. The van der Waals surface area contributed by atoms with Crippen LogP contribution < -0.4 is 10.5 Å². The number of carbonyl (C=O) groups is 1. The van der Waals surface area contributed by atoms with E-state index in [2.05, 4.69) is 15.9 Å². The number of hydrogen-bond donors (Lipinski definition) is 1. The van der Waals surface area contributed by atoms with Gasteiger partial charge in [-0.3, -0.25) is 4.79 Å². The molecule has 0 aliphatic carbocycles. The van der Waals surface area contributed by atoms with Crippen molar-refractivity contribution in [1.82, 2.24) is 0 Å².